The van der Waals surface area contributed by atoms with Gasteiger partial charge in [0.05, 0.1) is 37.3 Å². The highest BCUT2D eigenvalue weighted by atomic mass is 19.4. The number of methoxy groups -OCH3 is 2. The van der Waals surface area contributed by atoms with Crippen molar-refractivity contribution in [3.05, 3.63) is 89.0 Å². The molecule has 0 aliphatic carbocycles. The van der Waals surface area contributed by atoms with E-state index < -0.39 is 23.7 Å². The molecule has 0 unspecified atom stereocenters. The van der Waals surface area contributed by atoms with E-state index in [1.807, 2.05) is 24.3 Å². The van der Waals surface area contributed by atoms with E-state index in [2.05, 4.69) is 4.90 Å². The molecule has 3 aromatic carbocycles. The lowest BCUT2D eigenvalue weighted by Gasteiger charge is -2.36. The second-order valence-electron chi connectivity index (χ2n) is 9.03. The first-order valence-electron chi connectivity index (χ1n) is 12.2. The molecule has 1 heterocycles. The summed E-state index contributed by atoms with van der Waals surface area (Å²) in [4.78, 5) is 40.6. The van der Waals surface area contributed by atoms with Crippen LogP contribution in [-0.2, 0) is 26.9 Å². The summed E-state index contributed by atoms with van der Waals surface area (Å²) in [7, 11) is 2.52. The third-order valence-corrected chi connectivity index (χ3v) is 6.64. The molecular formula is C29H27F3N2O5. The van der Waals surface area contributed by atoms with E-state index in [4.69, 9.17) is 9.47 Å². The molecule has 4 rings (SSSR count). The first-order valence-corrected chi connectivity index (χ1v) is 12.2. The molecule has 1 saturated heterocycles. The standard InChI is InChI=1S/C29H27F3N2O5/c1-38-27(36)22-15-21(16-23(17-22)28(37)39-2)19-7-9-24(10-8-19)33-11-13-34(14-12-33)26(35)18-20-5-3-4-6-25(20)29(30,31)32/h3-10,15-17H,11-14,18H2,1-2H3. The molecule has 0 radical (unpaired) electrons. The number of halogens is 3. The Labute approximate surface area is 223 Å². The highest BCUT2D eigenvalue weighted by Gasteiger charge is 2.34. The number of carbonyl (C=O) groups is 3. The molecule has 0 bridgehead atoms. The van der Waals surface area contributed by atoms with Gasteiger partial charge in [-0.05, 0) is 53.1 Å². The van der Waals surface area contributed by atoms with Gasteiger partial charge in [0, 0.05) is 31.9 Å². The lowest BCUT2D eigenvalue weighted by atomic mass is 9.99. The lowest BCUT2D eigenvalue weighted by molar-refractivity contribution is -0.138. The van der Waals surface area contributed by atoms with Gasteiger partial charge in [-0.2, -0.15) is 13.2 Å². The number of ether oxygens (including phenoxy) is 2. The Morgan fingerprint density at radius 2 is 1.33 bits per heavy atom. The van der Waals surface area contributed by atoms with Gasteiger partial charge in [-0.3, -0.25) is 4.79 Å². The van der Waals surface area contributed by atoms with Crippen LogP contribution in [0.3, 0.4) is 0 Å². The molecule has 1 amide bonds. The van der Waals surface area contributed by atoms with Crippen molar-refractivity contribution in [3.8, 4) is 11.1 Å². The van der Waals surface area contributed by atoms with Gasteiger partial charge in [-0.15, -0.1) is 0 Å². The number of rotatable bonds is 6. The SMILES string of the molecule is COC(=O)c1cc(C(=O)OC)cc(-c2ccc(N3CCN(C(=O)Cc4ccccc4C(F)(F)F)CC3)cc2)c1. The monoisotopic (exact) mass is 540 g/mol. The van der Waals surface area contributed by atoms with Crippen LogP contribution in [0.1, 0.15) is 31.8 Å². The molecule has 3 aromatic rings. The maximum absolute atomic E-state index is 13.3. The highest BCUT2D eigenvalue weighted by molar-refractivity contribution is 5.97. The minimum absolute atomic E-state index is 0.0281. The number of piperazine rings is 1. The molecule has 0 aromatic heterocycles. The predicted molar refractivity (Wildman–Crippen MR) is 138 cm³/mol. The van der Waals surface area contributed by atoms with Crippen LogP contribution >= 0.6 is 0 Å². The number of amides is 1. The van der Waals surface area contributed by atoms with Crippen LogP contribution in [0, 0.1) is 0 Å². The summed E-state index contributed by atoms with van der Waals surface area (Å²) in [6.45, 7) is 1.82. The number of carbonyl (C=O) groups excluding carboxylic acids is 3. The molecule has 10 heteroatoms. The number of alkyl halides is 3. The van der Waals surface area contributed by atoms with E-state index >= 15 is 0 Å². The normalized spacial score (nSPS) is 13.7. The average molecular weight is 541 g/mol. The highest BCUT2D eigenvalue weighted by Crippen LogP contribution is 2.32. The molecule has 39 heavy (non-hydrogen) atoms. The van der Waals surface area contributed by atoms with Gasteiger partial charge in [0.2, 0.25) is 5.91 Å². The molecular weight excluding hydrogens is 513 g/mol. The number of anilines is 1. The van der Waals surface area contributed by atoms with Gasteiger partial charge < -0.3 is 19.3 Å². The van der Waals surface area contributed by atoms with Crippen molar-refractivity contribution in [2.45, 2.75) is 12.6 Å². The Morgan fingerprint density at radius 1 is 0.769 bits per heavy atom. The molecule has 1 aliphatic heterocycles. The third-order valence-electron chi connectivity index (χ3n) is 6.64. The maximum Gasteiger partial charge on any atom is 0.416 e. The fourth-order valence-corrected chi connectivity index (χ4v) is 4.57. The van der Waals surface area contributed by atoms with Crippen molar-refractivity contribution in [1.29, 1.82) is 0 Å². The molecule has 204 valence electrons. The fourth-order valence-electron chi connectivity index (χ4n) is 4.57. The van der Waals surface area contributed by atoms with Gasteiger partial charge in [0.1, 0.15) is 0 Å². The summed E-state index contributed by atoms with van der Waals surface area (Å²) < 4.78 is 49.5. The van der Waals surface area contributed by atoms with Crippen LogP contribution in [0.25, 0.3) is 11.1 Å². The molecule has 1 fully saturated rings. The smallest absolute Gasteiger partial charge is 0.416 e. The summed E-state index contributed by atoms with van der Waals surface area (Å²) in [6, 6.07) is 17.3. The van der Waals surface area contributed by atoms with Gasteiger partial charge in [-0.1, -0.05) is 30.3 Å². The minimum Gasteiger partial charge on any atom is -0.465 e. The van der Waals surface area contributed by atoms with Gasteiger partial charge in [0.25, 0.3) is 0 Å². The van der Waals surface area contributed by atoms with E-state index in [1.165, 1.54) is 38.5 Å². The first kappa shape index (κ1) is 27.7. The molecule has 0 spiro atoms. The lowest BCUT2D eigenvalue weighted by Crippen LogP contribution is -2.49. The Morgan fingerprint density at radius 3 is 1.87 bits per heavy atom. The number of hydrogen-bond acceptors (Lipinski definition) is 6. The zero-order chi connectivity index (χ0) is 28.2. The molecule has 0 atom stereocenters. The first-order chi connectivity index (χ1) is 18.6. The Hall–Kier alpha value is -4.34. The van der Waals surface area contributed by atoms with Crippen molar-refractivity contribution in [3.63, 3.8) is 0 Å². The van der Waals surface area contributed by atoms with Crippen LogP contribution < -0.4 is 4.90 Å². The van der Waals surface area contributed by atoms with Crippen LogP contribution in [-0.4, -0.2) is 63.1 Å². The van der Waals surface area contributed by atoms with Crippen molar-refractivity contribution in [2.24, 2.45) is 0 Å². The largest absolute Gasteiger partial charge is 0.465 e. The molecule has 0 N–H and O–H groups in total. The van der Waals surface area contributed by atoms with E-state index in [0.717, 1.165) is 17.3 Å². The van der Waals surface area contributed by atoms with Crippen LogP contribution in [0.4, 0.5) is 18.9 Å². The van der Waals surface area contributed by atoms with Crippen molar-refractivity contribution < 1.29 is 37.0 Å². The Bertz CT molecular complexity index is 1330. The van der Waals surface area contributed by atoms with Gasteiger partial charge in [0.15, 0.2) is 0 Å². The van der Waals surface area contributed by atoms with E-state index in [9.17, 15) is 27.6 Å². The summed E-state index contributed by atoms with van der Waals surface area (Å²) in [5, 5.41) is 0. The zero-order valence-corrected chi connectivity index (χ0v) is 21.5. The summed E-state index contributed by atoms with van der Waals surface area (Å²) in [5.41, 5.74) is 1.94. The second kappa shape index (κ2) is 11.6. The van der Waals surface area contributed by atoms with E-state index in [-0.39, 0.29) is 29.0 Å². The summed E-state index contributed by atoms with van der Waals surface area (Å²) >= 11 is 0. The number of hydrogen-bond donors (Lipinski definition) is 0. The molecule has 7 nitrogen and oxygen atoms in total. The van der Waals surface area contributed by atoms with Crippen molar-refractivity contribution in [1.82, 2.24) is 4.90 Å². The van der Waals surface area contributed by atoms with E-state index in [0.29, 0.717) is 31.7 Å². The van der Waals surface area contributed by atoms with Crippen LogP contribution in [0.2, 0.25) is 0 Å². The maximum atomic E-state index is 13.3. The van der Waals surface area contributed by atoms with Crippen LogP contribution in [0.15, 0.2) is 66.7 Å². The molecule has 0 saturated carbocycles. The fraction of sp³-hybridized carbons (Fsp3) is 0.276. The van der Waals surface area contributed by atoms with E-state index in [1.54, 1.807) is 17.0 Å². The van der Waals surface area contributed by atoms with Gasteiger partial charge in [-0.25, -0.2) is 9.59 Å². The zero-order valence-electron chi connectivity index (χ0n) is 21.5. The average Bonchev–Trinajstić information content (AvgIpc) is 2.96. The second-order valence-corrected chi connectivity index (χ2v) is 9.03. The minimum atomic E-state index is -4.51. The number of esters is 2. The Kier molecular flexibility index (Phi) is 8.23. The topological polar surface area (TPSA) is 76.2 Å². The number of nitrogens with zero attached hydrogens (tertiary/aromatic N) is 2. The summed E-state index contributed by atoms with van der Waals surface area (Å²) in [5.74, 6) is -1.49. The van der Waals surface area contributed by atoms with Crippen LogP contribution in [0.5, 0.6) is 0 Å². The predicted octanol–water partition coefficient (Wildman–Crippen LogP) is 4.84. The summed E-state index contributed by atoms with van der Waals surface area (Å²) in [6.07, 6.45) is -4.81. The number of benzene rings is 3. The third kappa shape index (κ3) is 6.39. The Balaban J connectivity index is 1.43. The van der Waals surface area contributed by atoms with Gasteiger partial charge >= 0.3 is 18.1 Å². The quantitative estimate of drug-likeness (QED) is 0.417. The molecule has 1 aliphatic rings. The van der Waals surface area contributed by atoms with Crippen molar-refractivity contribution in [2.75, 3.05) is 45.3 Å². The van der Waals surface area contributed by atoms with Crippen molar-refractivity contribution >= 4 is 23.5 Å².